The molecule has 0 atom stereocenters. The normalized spacial score (nSPS) is 10.7. The molecule has 0 aliphatic carbocycles. The Kier molecular flexibility index (Phi) is 6.22. The van der Waals surface area contributed by atoms with Crippen molar-refractivity contribution in [3.05, 3.63) is 65.7 Å². The topological polar surface area (TPSA) is 67.4 Å². The molecular weight excluding hydrogens is 330 g/mol. The number of nitrogens with one attached hydrogen (secondary N) is 2. The summed E-state index contributed by atoms with van der Waals surface area (Å²) in [7, 11) is 1.54. The van der Waals surface area contributed by atoms with Crippen molar-refractivity contribution < 1.29 is 23.1 Å². The van der Waals surface area contributed by atoms with Crippen LogP contribution in [0.4, 0.5) is 14.5 Å². The second-order valence-electron chi connectivity index (χ2n) is 4.90. The average molecular weight is 346 g/mol. The summed E-state index contributed by atoms with van der Waals surface area (Å²) >= 11 is 0. The number of para-hydroxylation sites is 2. The molecule has 5 nitrogen and oxygen atoms in total. The van der Waals surface area contributed by atoms with E-state index >= 15 is 0 Å². The predicted octanol–water partition coefficient (Wildman–Crippen LogP) is 3.30. The van der Waals surface area contributed by atoms with E-state index < -0.39 is 12.5 Å². The van der Waals surface area contributed by atoms with Gasteiger partial charge in [0, 0.05) is 18.7 Å². The monoisotopic (exact) mass is 346 g/mol. The lowest BCUT2D eigenvalue weighted by Crippen LogP contribution is -2.17. The smallest absolute Gasteiger partial charge is 0.387 e. The van der Waals surface area contributed by atoms with Crippen LogP contribution >= 0.6 is 0 Å². The molecule has 0 saturated heterocycles. The van der Waals surface area contributed by atoms with Crippen LogP contribution in [-0.4, -0.2) is 25.5 Å². The van der Waals surface area contributed by atoms with Gasteiger partial charge in [-0.05, 0) is 35.9 Å². The summed E-state index contributed by atoms with van der Waals surface area (Å²) in [6, 6.07) is 12.5. The Labute approximate surface area is 143 Å². The highest BCUT2D eigenvalue weighted by Gasteiger charge is 2.10. The Balaban J connectivity index is 2.03. The zero-order valence-corrected chi connectivity index (χ0v) is 13.3. The van der Waals surface area contributed by atoms with Crippen molar-refractivity contribution in [2.75, 3.05) is 12.4 Å². The van der Waals surface area contributed by atoms with Gasteiger partial charge in [0.1, 0.15) is 5.75 Å². The van der Waals surface area contributed by atoms with E-state index in [4.69, 9.17) is 0 Å². The van der Waals surface area contributed by atoms with E-state index in [0.717, 1.165) is 0 Å². The third-order valence-corrected chi connectivity index (χ3v) is 3.19. The van der Waals surface area contributed by atoms with Crippen LogP contribution in [0.25, 0.3) is 6.08 Å². The first-order valence-electron chi connectivity index (χ1n) is 7.34. The molecule has 0 bridgehead atoms. The molecule has 0 aromatic heterocycles. The van der Waals surface area contributed by atoms with Gasteiger partial charge >= 0.3 is 6.61 Å². The van der Waals surface area contributed by atoms with Crippen LogP contribution in [0.5, 0.6) is 5.75 Å². The third kappa shape index (κ3) is 5.42. The Morgan fingerprint density at radius 3 is 2.40 bits per heavy atom. The number of carbonyl (C=O) groups is 2. The van der Waals surface area contributed by atoms with Gasteiger partial charge in [-0.2, -0.15) is 8.78 Å². The van der Waals surface area contributed by atoms with Crippen molar-refractivity contribution in [3.63, 3.8) is 0 Å². The van der Waals surface area contributed by atoms with Gasteiger partial charge in [0.25, 0.3) is 5.91 Å². The van der Waals surface area contributed by atoms with E-state index in [1.54, 1.807) is 36.4 Å². The van der Waals surface area contributed by atoms with Gasteiger partial charge in [-0.1, -0.05) is 24.3 Å². The van der Waals surface area contributed by atoms with E-state index in [1.165, 1.54) is 31.3 Å². The second-order valence-corrected chi connectivity index (χ2v) is 4.90. The number of benzene rings is 2. The summed E-state index contributed by atoms with van der Waals surface area (Å²) in [5, 5.41) is 4.99. The van der Waals surface area contributed by atoms with Crippen molar-refractivity contribution >= 4 is 23.6 Å². The number of rotatable bonds is 6. The van der Waals surface area contributed by atoms with Crippen molar-refractivity contribution in [3.8, 4) is 5.75 Å². The number of ether oxygens (including phenoxy) is 1. The number of hydrogen-bond donors (Lipinski definition) is 2. The summed E-state index contributed by atoms with van der Waals surface area (Å²) < 4.78 is 29.0. The lowest BCUT2D eigenvalue weighted by Gasteiger charge is -2.10. The highest BCUT2D eigenvalue weighted by atomic mass is 19.3. The lowest BCUT2D eigenvalue weighted by atomic mass is 10.1. The van der Waals surface area contributed by atoms with Gasteiger partial charge in [-0.25, -0.2) is 0 Å². The van der Waals surface area contributed by atoms with Gasteiger partial charge in [0.2, 0.25) is 5.91 Å². The molecule has 0 aliphatic heterocycles. The maximum atomic E-state index is 12.3. The summed E-state index contributed by atoms with van der Waals surface area (Å²) in [6.45, 7) is -2.98. The first kappa shape index (κ1) is 18.1. The maximum Gasteiger partial charge on any atom is 0.387 e. The van der Waals surface area contributed by atoms with E-state index in [2.05, 4.69) is 15.4 Å². The number of amides is 2. The number of halogens is 2. The van der Waals surface area contributed by atoms with Gasteiger partial charge in [0.05, 0.1) is 5.69 Å². The molecule has 0 radical (unpaired) electrons. The first-order chi connectivity index (χ1) is 12.0. The molecule has 0 aliphatic rings. The van der Waals surface area contributed by atoms with Crippen molar-refractivity contribution in [1.29, 1.82) is 0 Å². The predicted molar refractivity (Wildman–Crippen MR) is 90.6 cm³/mol. The summed E-state index contributed by atoms with van der Waals surface area (Å²) in [4.78, 5) is 23.4. The molecule has 0 spiro atoms. The second kappa shape index (κ2) is 8.58. The number of alkyl halides is 2. The molecule has 2 N–H and O–H groups in total. The number of anilines is 1. The minimum absolute atomic E-state index is 0.116. The standard InChI is InChI=1S/C18H16F2N2O3/c1-21-17(24)13-9-6-12(7-10-13)8-11-16(23)22-14-4-2-3-5-15(14)25-18(19)20/h2-11,18H,1H3,(H,21,24)(H,22,23)/b11-8+. The number of hydrogen-bond acceptors (Lipinski definition) is 3. The van der Waals surface area contributed by atoms with Gasteiger partial charge in [-0.3, -0.25) is 9.59 Å². The van der Waals surface area contributed by atoms with Gasteiger partial charge in [0.15, 0.2) is 0 Å². The van der Waals surface area contributed by atoms with Crippen LogP contribution in [0.3, 0.4) is 0 Å². The fraction of sp³-hybridized carbons (Fsp3) is 0.111. The molecule has 2 aromatic rings. The van der Waals surface area contributed by atoms with Crippen molar-refractivity contribution in [1.82, 2.24) is 5.32 Å². The number of carbonyl (C=O) groups excluding carboxylic acids is 2. The molecule has 2 amide bonds. The van der Waals surface area contributed by atoms with Crippen LogP contribution in [0, 0.1) is 0 Å². The SMILES string of the molecule is CNC(=O)c1ccc(/C=C/C(=O)Nc2ccccc2OC(F)F)cc1. The zero-order valence-electron chi connectivity index (χ0n) is 13.3. The van der Waals surface area contributed by atoms with Crippen LogP contribution in [-0.2, 0) is 4.79 Å². The fourth-order valence-electron chi connectivity index (χ4n) is 2.00. The van der Waals surface area contributed by atoms with Crippen LogP contribution in [0.2, 0.25) is 0 Å². The van der Waals surface area contributed by atoms with Crippen LogP contribution < -0.4 is 15.4 Å². The Bertz CT molecular complexity index is 774. The fourth-order valence-corrected chi connectivity index (χ4v) is 2.00. The Morgan fingerprint density at radius 1 is 1.08 bits per heavy atom. The molecule has 0 fully saturated rings. The maximum absolute atomic E-state index is 12.3. The van der Waals surface area contributed by atoms with Crippen molar-refractivity contribution in [2.24, 2.45) is 0 Å². The molecule has 25 heavy (non-hydrogen) atoms. The molecule has 0 saturated carbocycles. The average Bonchev–Trinajstić information content (AvgIpc) is 2.61. The van der Waals surface area contributed by atoms with Crippen LogP contribution in [0.1, 0.15) is 15.9 Å². The molecule has 0 unspecified atom stereocenters. The summed E-state index contributed by atoms with van der Waals surface area (Å²) in [5.74, 6) is -0.821. The van der Waals surface area contributed by atoms with Crippen molar-refractivity contribution in [2.45, 2.75) is 6.61 Å². The molecule has 2 aromatic carbocycles. The van der Waals surface area contributed by atoms with Gasteiger partial charge < -0.3 is 15.4 Å². The first-order valence-corrected chi connectivity index (χ1v) is 7.34. The van der Waals surface area contributed by atoms with E-state index in [-0.39, 0.29) is 17.3 Å². The molecule has 130 valence electrons. The minimum atomic E-state index is -2.98. The summed E-state index contributed by atoms with van der Waals surface area (Å²) in [5.41, 5.74) is 1.36. The van der Waals surface area contributed by atoms with Gasteiger partial charge in [-0.15, -0.1) is 0 Å². The molecule has 0 heterocycles. The molecular formula is C18H16F2N2O3. The molecule has 2 rings (SSSR count). The van der Waals surface area contributed by atoms with Crippen LogP contribution in [0.15, 0.2) is 54.6 Å². The van der Waals surface area contributed by atoms with E-state index in [1.807, 2.05) is 0 Å². The summed E-state index contributed by atoms with van der Waals surface area (Å²) in [6.07, 6.45) is 2.80. The lowest BCUT2D eigenvalue weighted by molar-refractivity contribution is -0.111. The Hall–Kier alpha value is -3.22. The third-order valence-electron chi connectivity index (χ3n) is 3.19. The Morgan fingerprint density at radius 2 is 1.76 bits per heavy atom. The highest BCUT2D eigenvalue weighted by molar-refractivity contribution is 6.02. The quantitative estimate of drug-likeness (QED) is 0.789. The van der Waals surface area contributed by atoms with E-state index in [9.17, 15) is 18.4 Å². The minimum Gasteiger partial charge on any atom is -0.433 e. The van der Waals surface area contributed by atoms with E-state index in [0.29, 0.717) is 11.1 Å². The largest absolute Gasteiger partial charge is 0.433 e. The zero-order chi connectivity index (χ0) is 18.2. The molecule has 7 heteroatoms. The highest BCUT2D eigenvalue weighted by Crippen LogP contribution is 2.25.